The normalized spacial score (nSPS) is 10.0. The summed E-state index contributed by atoms with van der Waals surface area (Å²) in [6, 6.07) is 2.86. The van der Waals surface area contributed by atoms with E-state index in [-0.39, 0.29) is 11.4 Å². The maximum absolute atomic E-state index is 12.7. The second-order valence-electron chi connectivity index (χ2n) is 2.32. The van der Waals surface area contributed by atoms with Crippen LogP contribution in [0.4, 0.5) is 18.9 Å². The number of carbonyl (C=O) groups is 1. The molecule has 1 N–H and O–H groups in total. The minimum absolute atomic E-state index is 0.0515. The van der Waals surface area contributed by atoms with Crippen LogP contribution in [0, 0.1) is 5.82 Å². The molecule has 1 aromatic carbocycles. The van der Waals surface area contributed by atoms with Gasteiger partial charge < -0.3 is 10.1 Å². The van der Waals surface area contributed by atoms with Crippen LogP contribution in [0.2, 0.25) is 0 Å². The average Bonchev–Trinajstić information content (AvgIpc) is 2.01. The Bertz CT molecular complexity index is 330. The molecule has 0 atom stereocenters. The Labute approximate surface area is 77.5 Å². The monoisotopic (exact) mass is 205 g/mol. The van der Waals surface area contributed by atoms with E-state index in [4.69, 9.17) is 0 Å². The minimum Gasteiger partial charge on any atom is -0.435 e. The molecule has 0 spiro atoms. The standard InChI is InChI=1S/C8H6F3NO2/c9-5-1-6(12-4-13)3-7(2-5)14-8(10)11/h1-4,8H,(H,12,13). The van der Waals surface area contributed by atoms with Crippen molar-refractivity contribution in [3.63, 3.8) is 0 Å². The van der Waals surface area contributed by atoms with E-state index in [2.05, 4.69) is 10.1 Å². The molecule has 1 amide bonds. The summed E-state index contributed by atoms with van der Waals surface area (Å²) in [5.41, 5.74) is 0.0515. The molecule has 6 heteroatoms. The lowest BCUT2D eigenvalue weighted by Crippen LogP contribution is -2.03. The number of amides is 1. The predicted molar refractivity (Wildman–Crippen MR) is 42.7 cm³/mol. The Balaban J connectivity index is 2.88. The molecule has 0 heterocycles. The molecule has 1 rings (SSSR count). The fraction of sp³-hybridized carbons (Fsp3) is 0.125. The number of alkyl halides is 2. The molecule has 76 valence electrons. The zero-order chi connectivity index (χ0) is 10.6. The molecule has 0 unspecified atom stereocenters. The van der Waals surface area contributed by atoms with Crippen molar-refractivity contribution < 1.29 is 22.7 Å². The van der Waals surface area contributed by atoms with Crippen molar-refractivity contribution in [3.8, 4) is 5.75 Å². The van der Waals surface area contributed by atoms with Gasteiger partial charge in [-0.15, -0.1) is 0 Å². The van der Waals surface area contributed by atoms with Gasteiger partial charge in [-0.05, 0) is 6.07 Å². The van der Waals surface area contributed by atoms with Gasteiger partial charge in [-0.3, -0.25) is 4.79 Å². The molecule has 0 saturated heterocycles. The minimum atomic E-state index is -3.03. The Morgan fingerprint density at radius 1 is 1.36 bits per heavy atom. The molecular weight excluding hydrogens is 199 g/mol. The SMILES string of the molecule is O=CNc1cc(F)cc(OC(F)F)c1. The number of nitrogens with one attached hydrogen (secondary N) is 1. The highest BCUT2D eigenvalue weighted by Gasteiger charge is 2.06. The molecule has 0 aliphatic heterocycles. The number of ether oxygens (including phenoxy) is 1. The van der Waals surface area contributed by atoms with Crippen molar-refractivity contribution in [2.45, 2.75) is 6.61 Å². The first-order valence-corrected chi connectivity index (χ1v) is 3.57. The van der Waals surface area contributed by atoms with E-state index in [9.17, 15) is 18.0 Å². The van der Waals surface area contributed by atoms with Gasteiger partial charge >= 0.3 is 6.61 Å². The van der Waals surface area contributed by atoms with Crippen molar-refractivity contribution in [1.82, 2.24) is 0 Å². The summed E-state index contributed by atoms with van der Waals surface area (Å²) < 4.78 is 40.1. The van der Waals surface area contributed by atoms with E-state index in [1.165, 1.54) is 0 Å². The van der Waals surface area contributed by atoms with Gasteiger partial charge in [0.15, 0.2) is 0 Å². The maximum atomic E-state index is 12.7. The van der Waals surface area contributed by atoms with E-state index in [1.807, 2.05) is 0 Å². The topological polar surface area (TPSA) is 38.3 Å². The molecule has 0 aliphatic carbocycles. The van der Waals surface area contributed by atoms with Gasteiger partial charge in [-0.1, -0.05) is 0 Å². The van der Waals surface area contributed by atoms with Crippen LogP contribution in [0.5, 0.6) is 5.75 Å². The number of anilines is 1. The van der Waals surface area contributed by atoms with Gasteiger partial charge in [-0.25, -0.2) is 4.39 Å². The number of carbonyl (C=O) groups excluding carboxylic acids is 1. The first-order valence-electron chi connectivity index (χ1n) is 3.57. The second-order valence-corrected chi connectivity index (χ2v) is 2.32. The Hall–Kier alpha value is -1.72. The molecule has 3 nitrogen and oxygen atoms in total. The van der Waals surface area contributed by atoms with Crippen LogP contribution in [-0.4, -0.2) is 13.0 Å². The lowest BCUT2D eigenvalue weighted by Gasteiger charge is -2.06. The van der Waals surface area contributed by atoms with Crippen LogP contribution in [0.1, 0.15) is 0 Å². The van der Waals surface area contributed by atoms with Crippen molar-refractivity contribution in [1.29, 1.82) is 0 Å². The van der Waals surface area contributed by atoms with Crippen LogP contribution < -0.4 is 10.1 Å². The average molecular weight is 205 g/mol. The van der Waals surface area contributed by atoms with Crippen molar-refractivity contribution in [3.05, 3.63) is 24.0 Å². The number of benzene rings is 1. The summed E-state index contributed by atoms with van der Waals surface area (Å²) in [5.74, 6) is -1.11. The Morgan fingerprint density at radius 2 is 2.07 bits per heavy atom. The summed E-state index contributed by atoms with van der Waals surface area (Å²) in [6.45, 7) is -3.03. The quantitative estimate of drug-likeness (QED) is 0.763. The zero-order valence-corrected chi connectivity index (χ0v) is 6.84. The highest BCUT2D eigenvalue weighted by molar-refractivity contribution is 5.71. The smallest absolute Gasteiger partial charge is 0.387 e. The van der Waals surface area contributed by atoms with Crippen molar-refractivity contribution >= 4 is 12.1 Å². The molecule has 14 heavy (non-hydrogen) atoms. The third-order valence-corrected chi connectivity index (χ3v) is 1.32. The number of rotatable bonds is 4. The molecule has 0 aromatic heterocycles. The van der Waals surface area contributed by atoms with Gasteiger partial charge in [0.1, 0.15) is 11.6 Å². The molecule has 0 aliphatic rings. The lowest BCUT2D eigenvalue weighted by molar-refractivity contribution is -0.105. The van der Waals surface area contributed by atoms with Crippen molar-refractivity contribution in [2.75, 3.05) is 5.32 Å². The summed E-state index contributed by atoms with van der Waals surface area (Å²) >= 11 is 0. The Morgan fingerprint density at radius 3 is 2.64 bits per heavy atom. The van der Waals surface area contributed by atoms with Gasteiger partial charge in [-0.2, -0.15) is 8.78 Å². The number of hydrogen-bond acceptors (Lipinski definition) is 2. The van der Waals surface area contributed by atoms with E-state index in [0.29, 0.717) is 6.41 Å². The van der Waals surface area contributed by atoms with E-state index >= 15 is 0 Å². The largest absolute Gasteiger partial charge is 0.435 e. The molecule has 1 aromatic rings. The van der Waals surface area contributed by atoms with Crippen LogP contribution in [0.3, 0.4) is 0 Å². The van der Waals surface area contributed by atoms with E-state index < -0.39 is 12.4 Å². The molecule has 0 radical (unpaired) electrons. The molecular formula is C8H6F3NO2. The van der Waals surface area contributed by atoms with Crippen LogP contribution in [-0.2, 0) is 4.79 Å². The van der Waals surface area contributed by atoms with Gasteiger partial charge in [0.25, 0.3) is 0 Å². The second kappa shape index (κ2) is 4.50. The zero-order valence-electron chi connectivity index (χ0n) is 6.84. The highest BCUT2D eigenvalue weighted by atomic mass is 19.3. The van der Waals surface area contributed by atoms with Gasteiger partial charge in [0.2, 0.25) is 6.41 Å². The number of hydrogen-bond donors (Lipinski definition) is 1. The summed E-state index contributed by atoms with van der Waals surface area (Å²) in [6.07, 6.45) is 0.306. The summed E-state index contributed by atoms with van der Waals surface area (Å²) in [7, 11) is 0. The fourth-order valence-corrected chi connectivity index (χ4v) is 0.885. The fourth-order valence-electron chi connectivity index (χ4n) is 0.885. The summed E-state index contributed by atoms with van der Waals surface area (Å²) in [4.78, 5) is 10.00. The van der Waals surface area contributed by atoms with Gasteiger partial charge in [0, 0.05) is 17.8 Å². The van der Waals surface area contributed by atoms with Crippen LogP contribution in [0.25, 0.3) is 0 Å². The third kappa shape index (κ3) is 2.96. The first-order chi connectivity index (χ1) is 6.61. The number of halogens is 3. The maximum Gasteiger partial charge on any atom is 0.387 e. The van der Waals surface area contributed by atoms with Crippen LogP contribution in [0.15, 0.2) is 18.2 Å². The van der Waals surface area contributed by atoms with E-state index in [0.717, 1.165) is 18.2 Å². The first kappa shape index (κ1) is 10.4. The molecule has 0 saturated carbocycles. The van der Waals surface area contributed by atoms with Gasteiger partial charge in [0.05, 0.1) is 0 Å². The van der Waals surface area contributed by atoms with Crippen molar-refractivity contribution in [2.24, 2.45) is 0 Å². The Kier molecular flexibility index (Phi) is 3.33. The highest BCUT2D eigenvalue weighted by Crippen LogP contribution is 2.21. The molecule has 0 bridgehead atoms. The predicted octanol–water partition coefficient (Wildman–Crippen LogP) is 2.00. The third-order valence-electron chi connectivity index (χ3n) is 1.32. The van der Waals surface area contributed by atoms with Crippen LogP contribution >= 0.6 is 0 Å². The molecule has 0 fully saturated rings. The van der Waals surface area contributed by atoms with E-state index in [1.54, 1.807) is 0 Å². The lowest BCUT2D eigenvalue weighted by atomic mass is 10.3. The summed E-state index contributed by atoms with van der Waals surface area (Å²) in [5, 5.41) is 2.12.